The fraction of sp³-hybridized carbons (Fsp3) is 0.364. The van der Waals surface area contributed by atoms with Crippen LogP contribution in [0.3, 0.4) is 0 Å². The first-order chi connectivity index (χ1) is 6.77. The van der Waals surface area contributed by atoms with E-state index in [-0.39, 0.29) is 0 Å². The van der Waals surface area contributed by atoms with Crippen LogP contribution in [-0.2, 0) is 0 Å². The summed E-state index contributed by atoms with van der Waals surface area (Å²) in [5.41, 5.74) is 2.10. The number of hydrogen-bond donors (Lipinski definition) is 1. The normalized spacial score (nSPS) is 27.9. The highest BCUT2D eigenvalue weighted by molar-refractivity contribution is 5.88. The van der Waals surface area contributed by atoms with Crippen molar-refractivity contribution in [1.82, 2.24) is 0 Å². The standard InChI is InChI=1S/C11H11NO2/c13-11(14)12-6-7-5-9(7)8-3-1-2-4-10(8)12/h1-4,7,9H,5-6H2,(H,13,14). The number of carboxylic acid groups (broad SMARTS) is 1. The van der Waals surface area contributed by atoms with Gasteiger partial charge in [0.15, 0.2) is 0 Å². The first-order valence-corrected chi connectivity index (χ1v) is 4.87. The summed E-state index contributed by atoms with van der Waals surface area (Å²) in [6.45, 7) is 0.678. The van der Waals surface area contributed by atoms with Crippen molar-refractivity contribution in [3.63, 3.8) is 0 Å². The number of anilines is 1. The molecule has 3 rings (SSSR count). The van der Waals surface area contributed by atoms with E-state index < -0.39 is 6.09 Å². The molecule has 1 aromatic rings. The smallest absolute Gasteiger partial charge is 0.411 e. The number of benzene rings is 1. The predicted octanol–water partition coefficient (Wildman–Crippen LogP) is 2.29. The van der Waals surface area contributed by atoms with Crippen LogP contribution in [0.1, 0.15) is 17.9 Å². The topological polar surface area (TPSA) is 40.5 Å². The van der Waals surface area contributed by atoms with E-state index in [0.717, 1.165) is 12.1 Å². The highest BCUT2D eigenvalue weighted by Crippen LogP contribution is 2.54. The van der Waals surface area contributed by atoms with Gasteiger partial charge in [0.25, 0.3) is 0 Å². The molecule has 1 saturated carbocycles. The molecule has 1 aliphatic heterocycles. The largest absolute Gasteiger partial charge is 0.465 e. The van der Waals surface area contributed by atoms with Gasteiger partial charge in [-0.05, 0) is 29.9 Å². The maximum absolute atomic E-state index is 11.0. The molecule has 1 aromatic carbocycles. The van der Waals surface area contributed by atoms with Gasteiger partial charge in [0.1, 0.15) is 0 Å². The molecule has 1 aliphatic carbocycles. The van der Waals surface area contributed by atoms with Gasteiger partial charge in [-0.2, -0.15) is 0 Å². The molecule has 0 bridgehead atoms. The van der Waals surface area contributed by atoms with Gasteiger partial charge in [-0.25, -0.2) is 4.79 Å². The average Bonchev–Trinajstić information content (AvgIpc) is 2.95. The first kappa shape index (κ1) is 7.85. The van der Waals surface area contributed by atoms with Crippen molar-refractivity contribution in [2.75, 3.05) is 11.4 Å². The minimum atomic E-state index is -0.831. The Labute approximate surface area is 82.0 Å². The molecule has 0 saturated heterocycles. The Kier molecular flexibility index (Phi) is 1.40. The summed E-state index contributed by atoms with van der Waals surface area (Å²) in [5, 5.41) is 9.05. The second-order valence-corrected chi connectivity index (χ2v) is 4.05. The third-order valence-corrected chi connectivity index (χ3v) is 3.20. The van der Waals surface area contributed by atoms with Crippen molar-refractivity contribution in [2.45, 2.75) is 12.3 Å². The molecule has 14 heavy (non-hydrogen) atoms. The van der Waals surface area contributed by atoms with Gasteiger partial charge in [-0.15, -0.1) is 0 Å². The quantitative estimate of drug-likeness (QED) is 0.680. The van der Waals surface area contributed by atoms with Gasteiger partial charge in [-0.3, -0.25) is 4.90 Å². The lowest BCUT2D eigenvalue weighted by Crippen LogP contribution is -2.34. The zero-order valence-corrected chi connectivity index (χ0v) is 7.68. The fourth-order valence-corrected chi connectivity index (χ4v) is 2.39. The highest BCUT2D eigenvalue weighted by atomic mass is 16.4. The molecule has 1 N–H and O–H groups in total. The van der Waals surface area contributed by atoms with Crippen LogP contribution in [0.2, 0.25) is 0 Å². The van der Waals surface area contributed by atoms with E-state index in [1.165, 1.54) is 10.5 Å². The highest BCUT2D eigenvalue weighted by Gasteiger charge is 2.46. The maximum Gasteiger partial charge on any atom is 0.411 e. The van der Waals surface area contributed by atoms with E-state index in [9.17, 15) is 4.79 Å². The molecule has 72 valence electrons. The number of hydrogen-bond acceptors (Lipinski definition) is 1. The van der Waals surface area contributed by atoms with Crippen molar-refractivity contribution in [3.05, 3.63) is 29.8 Å². The second kappa shape index (κ2) is 2.50. The van der Waals surface area contributed by atoms with E-state index in [0.29, 0.717) is 18.4 Å². The van der Waals surface area contributed by atoms with Crippen LogP contribution in [0.4, 0.5) is 10.5 Å². The van der Waals surface area contributed by atoms with Crippen molar-refractivity contribution < 1.29 is 9.90 Å². The third-order valence-electron chi connectivity index (χ3n) is 3.20. The minimum absolute atomic E-state index is 0.570. The van der Waals surface area contributed by atoms with Crippen LogP contribution in [0.5, 0.6) is 0 Å². The lowest BCUT2D eigenvalue weighted by molar-refractivity contribution is 0.201. The molecule has 1 heterocycles. The molecule has 3 heteroatoms. The SMILES string of the molecule is O=C(O)N1CC2CC2c2ccccc21. The maximum atomic E-state index is 11.0. The van der Waals surface area contributed by atoms with Crippen molar-refractivity contribution >= 4 is 11.8 Å². The molecule has 1 amide bonds. The molecule has 0 radical (unpaired) electrons. The van der Waals surface area contributed by atoms with Crippen LogP contribution < -0.4 is 4.90 Å². The van der Waals surface area contributed by atoms with Crippen molar-refractivity contribution in [3.8, 4) is 0 Å². The first-order valence-electron chi connectivity index (χ1n) is 4.87. The van der Waals surface area contributed by atoms with Gasteiger partial charge >= 0.3 is 6.09 Å². The zero-order chi connectivity index (χ0) is 9.71. The Hall–Kier alpha value is -1.51. The monoisotopic (exact) mass is 189 g/mol. The molecular formula is C11H11NO2. The number of para-hydroxylation sites is 1. The van der Waals surface area contributed by atoms with Crippen molar-refractivity contribution in [1.29, 1.82) is 0 Å². The molecular weight excluding hydrogens is 178 g/mol. The van der Waals surface area contributed by atoms with Crippen LogP contribution in [-0.4, -0.2) is 17.7 Å². The van der Waals surface area contributed by atoms with Crippen LogP contribution >= 0.6 is 0 Å². The lowest BCUT2D eigenvalue weighted by atomic mass is 10.0. The summed E-state index contributed by atoms with van der Waals surface area (Å²) in [6.07, 6.45) is 0.323. The predicted molar refractivity (Wildman–Crippen MR) is 52.7 cm³/mol. The summed E-state index contributed by atoms with van der Waals surface area (Å²) in [5.74, 6) is 1.20. The molecule has 0 aromatic heterocycles. The number of nitrogens with zero attached hydrogens (tertiary/aromatic N) is 1. The Morgan fingerprint density at radius 2 is 2.21 bits per heavy atom. The molecule has 2 aliphatic rings. The average molecular weight is 189 g/mol. The molecule has 3 nitrogen and oxygen atoms in total. The van der Waals surface area contributed by atoms with Gasteiger partial charge in [-0.1, -0.05) is 18.2 Å². The van der Waals surface area contributed by atoms with E-state index in [1.807, 2.05) is 18.2 Å². The van der Waals surface area contributed by atoms with Gasteiger partial charge in [0, 0.05) is 6.54 Å². The summed E-state index contributed by atoms with van der Waals surface area (Å²) >= 11 is 0. The van der Waals surface area contributed by atoms with Crippen LogP contribution in [0.25, 0.3) is 0 Å². The zero-order valence-electron chi connectivity index (χ0n) is 7.68. The summed E-state index contributed by atoms with van der Waals surface area (Å²) < 4.78 is 0. The molecule has 0 spiro atoms. The Balaban J connectivity index is 2.11. The Morgan fingerprint density at radius 1 is 1.43 bits per heavy atom. The number of rotatable bonds is 0. The molecule has 2 unspecified atom stereocenters. The summed E-state index contributed by atoms with van der Waals surface area (Å²) in [6, 6.07) is 7.84. The van der Waals surface area contributed by atoms with Gasteiger partial charge in [0.2, 0.25) is 0 Å². The van der Waals surface area contributed by atoms with Crippen molar-refractivity contribution in [2.24, 2.45) is 5.92 Å². The Bertz CT molecular complexity index is 402. The summed E-state index contributed by atoms with van der Waals surface area (Å²) in [4.78, 5) is 12.5. The third kappa shape index (κ3) is 0.953. The van der Waals surface area contributed by atoms with Gasteiger partial charge in [0.05, 0.1) is 5.69 Å². The lowest BCUT2D eigenvalue weighted by Gasteiger charge is -2.26. The summed E-state index contributed by atoms with van der Waals surface area (Å²) in [7, 11) is 0. The van der Waals surface area contributed by atoms with Crippen LogP contribution in [0, 0.1) is 5.92 Å². The second-order valence-electron chi connectivity index (χ2n) is 4.05. The number of fused-ring (bicyclic) bond motifs is 3. The molecule has 2 atom stereocenters. The molecule has 1 fully saturated rings. The van der Waals surface area contributed by atoms with E-state index in [2.05, 4.69) is 6.07 Å². The van der Waals surface area contributed by atoms with Gasteiger partial charge < -0.3 is 5.11 Å². The van der Waals surface area contributed by atoms with Crippen LogP contribution in [0.15, 0.2) is 24.3 Å². The fourth-order valence-electron chi connectivity index (χ4n) is 2.39. The Morgan fingerprint density at radius 3 is 3.00 bits per heavy atom. The van der Waals surface area contributed by atoms with E-state index in [4.69, 9.17) is 5.11 Å². The minimum Gasteiger partial charge on any atom is -0.465 e. The van der Waals surface area contributed by atoms with E-state index in [1.54, 1.807) is 0 Å². The number of amides is 1. The number of carbonyl (C=O) groups is 1. The van der Waals surface area contributed by atoms with E-state index >= 15 is 0 Å².